The van der Waals surface area contributed by atoms with Crippen molar-refractivity contribution in [2.75, 3.05) is 0 Å². The van der Waals surface area contributed by atoms with Crippen molar-refractivity contribution >= 4 is 11.8 Å². The second kappa shape index (κ2) is 5.51. The maximum atomic E-state index is 12.3. The Hall–Kier alpha value is -1.84. The van der Waals surface area contributed by atoms with Gasteiger partial charge in [0.25, 0.3) is 0 Å². The van der Waals surface area contributed by atoms with Crippen molar-refractivity contribution in [1.29, 1.82) is 0 Å². The summed E-state index contributed by atoms with van der Waals surface area (Å²) in [5.74, 6) is 0.488. The maximum Gasteiger partial charge on any atom is 0.243 e. The number of nitrogens with one attached hydrogen (secondary N) is 2. The van der Waals surface area contributed by atoms with Crippen molar-refractivity contribution in [3.8, 4) is 0 Å². The Balaban J connectivity index is 1.69. The van der Waals surface area contributed by atoms with Crippen LogP contribution in [0.25, 0.3) is 0 Å². The summed E-state index contributed by atoms with van der Waals surface area (Å²) in [5.41, 5.74) is 2.60. The second-order valence-corrected chi connectivity index (χ2v) is 6.61. The highest BCUT2D eigenvalue weighted by Crippen LogP contribution is 2.29. The molecule has 0 radical (unpaired) electrons. The Morgan fingerprint density at radius 1 is 1.05 bits per heavy atom. The molecule has 0 bridgehead atoms. The van der Waals surface area contributed by atoms with Gasteiger partial charge in [-0.1, -0.05) is 38.1 Å². The molecular formula is C17H22N2O2. The van der Waals surface area contributed by atoms with E-state index < -0.39 is 6.04 Å². The fraction of sp³-hybridized carbons (Fsp3) is 0.529. The van der Waals surface area contributed by atoms with Gasteiger partial charge in [-0.15, -0.1) is 0 Å². The van der Waals surface area contributed by atoms with E-state index in [0.29, 0.717) is 12.3 Å². The molecule has 0 aromatic heterocycles. The lowest BCUT2D eigenvalue weighted by molar-refractivity contribution is -0.138. The first-order valence-electron chi connectivity index (χ1n) is 7.72. The first-order chi connectivity index (χ1) is 10.0. The standard InChI is InChI=1S/C17H22N2O2/c1-10(2)7-14-16(20)19-15(17(21)18-14)13-8-11-5-3-4-6-12(11)9-13/h3-6,10,13-15H,7-9H2,1-2H3,(H,18,21)(H,19,20)/t14-,15-/m1/s1. The SMILES string of the molecule is CC(C)C[C@H]1NC(=O)[C@@H](C2Cc3ccccc3C2)NC1=O. The molecule has 2 aliphatic rings. The highest BCUT2D eigenvalue weighted by atomic mass is 16.2. The van der Waals surface area contributed by atoms with E-state index in [0.717, 1.165) is 12.8 Å². The van der Waals surface area contributed by atoms with Gasteiger partial charge in [-0.2, -0.15) is 0 Å². The van der Waals surface area contributed by atoms with E-state index in [-0.39, 0.29) is 23.8 Å². The van der Waals surface area contributed by atoms with Crippen LogP contribution < -0.4 is 10.6 Å². The zero-order valence-corrected chi connectivity index (χ0v) is 12.6. The van der Waals surface area contributed by atoms with Crippen LogP contribution in [0.15, 0.2) is 24.3 Å². The average molecular weight is 286 g/mol. The Labute approximate surface area is 125 Å². The van der Waals surface area contributed by atoms with E-state index in [1.807, 2.05) is 12.1 Å². The summed E-state index contributed by atoms with van der Waals surface area (Å²) >= 11 is 0. The third kappa shape index (κ3) is 2.80. The lowest BCUT2D eigenvalue weighted by atomic mass is 9.91. The average Bonchev–Trinajstić information content (AvgIpc) is 2.85. The first-order valence-corrected chi connectivity index (χ1v) is 7.72. The lowest BCUT2D eigenvalue weighted by Gasteiger charge is -2.33. The van der Waals surface area contributed by atoms with Crippen molar-refractivity contribution in [2.24, 2.45) is 11.8 Å². The van der Waals surface area contributed by atoms with Gasteiger partial charge in [0.05, 0.1) is 0 Å². The number of fused-ring (bicyclic) bond motifs is 1. The van der Waals surface area contributed by atoms with Crippen LogP contribution in [0.2, 0.25) is 0 Å². The number of hydrogen-bond donors (Lipinski definition) is 2. The maximum absolute atomic E-state index is 12.3. The van der Waals surface area contributed by atoms with E-state index in [4.69, 9.17) is 0 Å². The molecule has 1 aromatic carbocycles. The van der Waals surface area contributed by atoms with Crippen molar-refractivity contribution in [1.82, 2.24) is 10.6 Å². The molecule has 0 unspecified atom stereocenters. The van der Waals surface area contributed by atoms with E-state index in [2.05, 4.69) is 36.6 Å². The normalized spacial score (nSPS) is 25.7. The fourth-order valence-corrected chi connectivity index (χ4v) is 3.44. The van der Waals surface area contributed by atoms with Crippen LogP contribution in [0, 0.1) is 11.8 Å². The number of carbonyl (C=O) groups excluding carboxylic acids is 2. The molecule has 0 spiro atoms. The number of carbonyl (C=O) groups is 2. The summed E-state index contributed by atoms with van der Waals surface area (Å²) in [6.07, 6.45) is 2.42. The number of piperazine rings is 1. The molecule has 1 aliphatic heterocycles. The zero-order chi connectivity index (χ0) is 15.0. The van der Waals surface area contributed by atoms with E-state index in [1.54, 1.807) is 0 Å². The molecular weight excluding hydrogens is 264 g/mol. The largest absolute Gasteiger partial charge is 0.343 e. The van der Waals surface area contributed by atoms with Gasteiger partial charge in [0, 0.05) is 0 Å². The molecule has 1 saturated heterocycles. The van der Waals surface area contributed by atoms with Gasteiger partial charge in [0.1, 0.15) is 12.1 Å². The number of hydrogen-bond acceptors (Lipinski definition) is 2. The van der Waals surface area contributed by atoms with Gasteiger partial charge in [-0.05, 0) is 42.2 Å². The summed E-state index contributed by atoms with van der Waals surface area (Å²) in [7, 11) is 0. The topological polar surface area (TPSA) is 58.2 Å². The van der Waals surface area contributed by atoms with Crippen LogP contribution in [0.1, 0.15) is 31.4 Å². The van der Waals surface area contributed by atoms with Crippen molar-refractivity contribution in [3.63, 3.8) is 0 Å². The van der Waals surface area contributed by atoms with Crippen LogP contribution >= 0.6 is 0 Å². The summed E-state index contributed by atoms with van der Waals surface area (Å²) in [5, 5.41) is 5.85. The molecule has 1 fully saturated rings. The molecule has 1 aromatic rings. The van der Waals surface area contributed by atoms with Crippen molar-refractivity contribution < 1.29 is 9.59 Å². The van der Waals surface area contributed by atoms with Gasteiger partial charge < -0.3 is 10.6 Å². The summed E-state index contributed by atoms with van der Waals surface area (Å²) in [6.45, 7) is 4.11. The van der Waals surface area contributed by atoms with E-state index in [9.17, 15) is 9.59 Å². The van der Waals surface area contributed by atoms with E-state index >= 15 is 0 Å². The quantitative estimate of drug-likeness (QED) is 0.883. The Morgan fingerprint density at radius 2 is 1.67 bits per heavy atom. The number of rotatable bonds is 3. The fourth-order valence-electron chi connectivity index (χ4n) is 3.44. The minimum absolute atomic E-state index is 0.0296. The number of benzene rings is 1. The molecule has 2 atom stereocenters. The monoisotopic (exact) mass is 286 g/mol. The minimum Gasteiger partial charge on any atom is -0.343 e. The van der Waals surface area contributed by atoms with Crippen LogP contribution in [0.4, 0.5) is 0 Å². The smallest absolute Gasteiger partial charge is 0.243 e. The molecule has 4 heteroatoms. The van der Waals surface area contributed by atoms with E-state index in [1.165, 1.54) is 11.1 Å². The van der Waals surface area contributed by atoms with Crippen LogP contribution in [-0.4, -0.2) is 23.9 Å². The predicted molar refractivity (Wildman–Crippen MR) is 80.7 cm³/mol. The lowest BCUT2D eigenvalue weighted by Crippen LogP contribution is -2.64. The molecule has 1 aliphatic carbocycles. The zero-order valence-electron chi connectivity index (χ0n) is 12.6. The molecule has 1 heterocycles. The molecule has 2 amide bonds. The highest BCUT2D eigenvalue weighted by Gasteiger charge is 2.40. The van der Waals surface area contributed by atoms with Crippen LogP contribution in [0.3, 0.4) is 0 Å². The minimum atomic E-state index is -0.395. The molecule has 21 heavy (non-hydrogen) atoms. The molecule has 2 N–H and O–H groups in total. The third-order valence-corrected chi connectivity index (χ3v) is 4.47. The van der Waals surface area contributed by atoms with Gasteiger partial charge >= 0.3 is 0 Å². The third-order valence-electron chi connectivity index (χ3n) is 4.47. The molecule has 0 saturated carbocycles. The molecule has 112 valence electrons. The molecule has 3 rings (SSSR count). The van der Waals surface area contributed by atoms with Gasteiger partial charge in [-0.3, -0.25) is 9.59 Å². The highest BCUT2D eigenvalue weighted by molar-refractivity contribution is 5.97. The van der Waals surface area contributed by atoms with Gasteiger partial charge in [0.15, 0.2) is 0 Å². The van der Waals surface area contributed by atoms with Crippen LogP contribution in [0.5, 0.6) is 0 Å². The Bertz CT molecular complexity index is 543. The van der Waals surface area contributed by atoms with Crippen molar-refractivity contribution in [3.05, 3.63) is 35.4 Å². The summed E-state index contributed by atoms with van der Waals surface area (Å²) < 4.78 is 0. The van der Waals surface area contributed by atoms with Crippen molar-refractivity contribution in [2.45, 2.75) is 45.2 Å². The van der Waals surface area contributed by atoms with Gasteiger partial charge in [0.2, 0.25) is 11.8 Å². The molecule has 4 nitrogen and oxygen atoms in total. The Morgan fingerprint density at radius 3 is 2.24 bits per heavy atom. The predicted octanol–water partition coefficient (Wildman–Crippen LogP) is 1.43. The second-order valence-electron chi connectivity index (χ2n) is 6.61. The first kappa shape index (κ1) is 14.1. The summed E-state index contributed by atoms with van der Waals surface area (Å²) in [4.78, 5) is 24.5. The van der Waals surface area contributed by atoms with Crippen LogP contribution in [-0.2, 0) is 22.4 Å². The Kier molecular flexibility index (Phi) is 3.70. The van der Waals surface area contributed by atoms with Gasteiger partial charge in [-0.25, -0.2) is 0 Å². The number of amides is 2. The summed E-state index contributed by atoms with van der Waals surface area (Å²) in [6, 6.07) is 7.50.